The molecule has 2 aliphatic rings. The molecule has 1 N–H and O–H groups in total. The third-order valence-corrected chi connectivity index (χ3v) is 5.22. The second-order valence-corrected chi connectivity index (χ2v) is 6.43. The van der Waals surface area contributed by atoms with Crippen molar-refractivity contribution in [3.05, 3.63) is 29.6 Å². The lowest BCUT2D eigenvalue weighted by Crippen LogP contribution is -2.26. The number of piperidine rings is 1. The second-order valence-electron chi connectivity index (χ2n) is 6.43. The molecule has 106 valence electrons. The molecule has 1 aromatic heterocycles. The maximum atomic E-state index is 4.87. The summed E-state index contributed by atoms with van der Waals surface area (Å²) < 4.78 is 2.34. The van der Waals surface area contributed by atoms with Crippen molar-refractivity contribution in [1.29, 1.82) is 0 Å². The molecule has 1 aliphatic carbocycles. The number of hydrogen-bond acceptors (Lipinski definition) is 2. The van der Waals surface area contributed by atoms with Gasteiger partial charge in [0.1, 0.15) is 5.82 Å². The average molecular weight is 269 g/mol. The van der Waals surface area contributed by atoms with Gasteiger partial charge in [-0.3, -0.25) is 0 Å². The van der Waals surface area contributed by atoms with Crippen LogP contribution in [-0.4, -0.2) is 22.6 Å². The predicted molar refractivity (Wildman–Crippen MR) is 82.2 cm³/mol. The summed E-state index contributed by atoms with van der Waals surface area (Å²) in [6, 6.07) is 6.92. The van der Waals surface area contributed by atoms with Crippen molar-refractivity contribution in [1.82, 2.24) is 14.9 Å². The van der Waals surface area contributed by atoms with Crippen molar-refractivity contribution in [2.45, 2.75) is 43.9 Å². The van der Waals surface area contributed by atoms with Gasteiger partial charge in [0, 0.05) is 13.0 Å². The summed E-state index contributed by atoms with van der Waals surface area (Å²) >= 11 is 0. The van der Waals surface area contributed by atoms with Crippen LogP contribution in [0.2, 0.25) is 0 Å². The van der Waals surface area contributed by atoms with Gasteiger partial charge in [0.2, 0.25) is 0 Å². The average Bonchev–Trinajstić information content (AvgIpc) is 2.75. The molecule has 0 radical (unpaired) electrons. The minimum absolute atomic E-state index is 0.703. The molecule has 20 heavy (non-hydrogen) atoms. The molecule has 4 rings (SSSR count). The molecule has 0 bridgehead atoms. The Morgan fingerprint density at radius 3 is 2.60 bits per heavy atom. The minimum atomic E-state index is 0.703. The fourth-order valence-corrected chi connectivity index (χ4v) is 3.67. The van der Waals surface area contributed by atoms with E-state index in [0.717, 1.165) is 19.0 Å². The summed E-state index contributed by atoms with van der Waals surface area (Å²) in [5.41, 5.74) is 4.00. The van der Waals surface area contributed by atoms with Crippen LogP contribution in [0.3, 0.4) is 0 Å². The first-order valence-electron chi connectivity index (χ1n) is 8.00. The van der Waals surface area contributed by atoms with E-state index in [4.69, 9.17) is 4.98 Å². The zero-order chi connectivity index (χ0) is 13.5. The Hall–Kier alpha value is -1.35. The third kappa shape index (κ3) is 1.96. The zero-order valence-electron chi connectivity index (χ0n) is 12.2. The molecule has 0 amide bonds. The SMILES string of the molecule is Cn1c(C2CCC2)nc2ccc(C3CCNCC3)cc21. The number of aromatic nitrogens is 2. The van der Waals surface area contributed by atoms with Crippen LogP contribution >= 0.6 is 0 Å². The number of hydrogen-bond donors (Lipinski definition) is 1. The Balaban J connectivity index is 1.72. The first-order valence-corrected chi connectivity index (χ1v) is 8.00. The van der Waals surface area contributed by atoms with E-state index in [0.29, 0.717) is 5.92 Å². The summed E-state index contributed by atoms with van der Waals surface area (Å²) in [6.45, 7) is 2.31. The zero-order valence-corrected chi connectivity index (χ0v) is 12.2. The minimum Gasteiger partial charge on any atom is -0.331 e. The van der Waals surface area contributed by atoms with Crippen molar-refractivity contribution in [2.75, 3.05) is 13.1 Å². The molecule has 1 aliphatic heterocycles. The van der Waals surface area contributed by atoms with E-state index < -0.39 is 0 Å². The van der Waals surface area contributed by atoms with Crippen LogP contribution in [0.5, 0.6) is 0 Å². The maximum Gasteiger partial charge on any atom is 0.112 e. The van der Waals surface area contributed by atoms with Crippen molar-refractivity contribution in [2.24, 2.45) is 7.05 Å². The number of imidazole rings is 1. The van der Waals surface area contributed by atoms with Gasteiger partial charge in [-0.1, -0.05) is 12.5 Å². The Labute approximate surface area is 120 Å². The Bertz CT molecular complexity index is 618. The predicted octanol–water partition coefficient (Wildman–Crippen LogP) is 3.31. The summed E-state index contributed by atoms with van der Waals surface area (Å²) in [5, 5.41) is 3.45. The topological polar surface area (TPSA) is 29.9 Å². The third-order valence-electron chi connectivity index (χ3n) is 5.22. The highest BCUT2D eigenvalue weighted by Crippen LogP contribution is 2.37. The van der Waals surface area contributed by atoms with Gasteiger partial charge in [0.25, 0.3) is 0 Å². The summed E-state index contributed by atoms with van der Waals surface area (Å²) in [4.78, 5) is 4.87. The smallest absolute Gasteiger partial charge is 0.112 e. The first-order chi connectivity index (χ1) is 9.83. The van der Waals surface area contributed by atoms with E-state index in [2.05, 4.69) is 35.1 Å². The van der Waals surface area contributed by atoms with Crippen molar-refractivity contribution in [3.8, 4) is 0 Å². The van der Waals surface area contributed by atoms with E-state index in [1.54, 1.807) is 0 Å². The molecular formula is C17H23N3. The van der Waals surface area contributed by atoms with E-state index in [-0.39, 0.29) is 0 Å². The number of nitrogens with zero attached hydrogens (tertiary/aromatic N) is 2. The number of benzene rings is 1. The summed E-state index contributed by atoms with van der Waals surface area (Å²) in [6.07, 6.45) is 6.53. The Morgan fingerprint density at radius 1 is 1.10 bits per heavy atom. The largest absolute Gasteiger partial charge is 0.331 e. The number of rotatable bonds is 2. The highest BCUT2D eigenvalue weighted by molar-refractivity contribution is 5.77. The van der Waals surface area contributed by atoms with Gasteiger partial charge in [0.15, 0.2) is 0 Å². The van der Waals surface area contributed by atoms with E-state index in [1.807, 2.05) is 0 Å². The fraction of sp³-hybridized carbons (Fsp3) is 0.588. The normalized spacial score (nSPS) is 21.2. The Kier molecular flexibility index (Phi) is 3.03. The maximum absolute atomic E-state index is 4.87. The molecule has 3 heteroatoms. The monoisotopic (exact) mass is 269 g/mol. The molecule has 0 unspecified atom stereocenters. The highest BCUT2D eigenvalue weighted by atomic mass is 15.1. The van der Waals surface area contributed by atoms with Gasteiger partial charge in [-0.25, -0.2) is 4.98 Å². The molecule has 0 spiro atoms. The molecule has 1 saturated carbocycles. The molecule has 2 aromatic rings. The number of nitrogens with one attached hydrogen (secondary N) is 1. The second kappa shape index (κ2) is 4.88. The molecule has 1 saturated heterocycles. The first kappa shape index (κ1) is 12.4. The standard InChI is InChI=1S/C17H23N3/c1-20-16-11-14(12-7-9-18-10-8-12)5-6-15(16)19-17(20)13-3-2-4-13/h5-6,11-13,18H,2-4,7-10H2,1H3. The van der Waals surface area contributed by atoms with E-state index in [1.165, 1.54) is 54.5 Å². The van der Waals surface area contributed by atoms with Gasteiger partial charge in [-0.15, -0.1) is 0 Å². The van der Waals surface area contributed by atoms with Crippen LogP contribution in [-0.2, 0) is 7.05 Å². The van der Waals surface area contributed by atoms with Crippen molar-refractivity contribution < 1.29 is 0 Å². The van der Waals surface area contributed by atoms with Crippen LogP contribution in [0.15, 0.2) is 18.2 Å². The summed E-state index contributed by atoms with van der Waals surface area (Å²) in [7, 11) is 2.19. The Morgan fingerprint density at radius 2 is 1.90 bits per heavy atom. The fourth-order valence-electron chi connectivity index (χ4n) is 3.67. The van der Waals surface area contributed by atoms with Gasteiger partial charge < -0.3 is 9.88 Å². The van der Waals surface area contributed by atoms with Crippen LogP contribution in [0.25, 0.3) is 11.0 Å². The lowest BCUT2D eigenvalue weighted by molar-refractivity contribution is 0.394. The molecular weight excluding hydrogens is 246 g/mol. The number of fused-ring (bicyclic) bond motifs is 1. The van der Waals surface area contributed by atoms with Gasteiger partial charge >= 0.3 is 0 Å². The van der Waals surface area contributed by atoms with Crippen LogP contribution in [0, 0.1) is 0 Å². The molecule has 2 heterocycles. The summed E-state index contributed by atoms with van der Waals surface area (Å²) in [5.74, 6) is 2.73. The lowest BCUT2D eigenvalue weighted by atomic mass is 9.85. The molecule has 3 nitrogen and oxygen atoms in total. The van der Waals surface area contributed by atoms with Gasteiger partial charge in [-0.05, 0) is 62.4 Å². The van der Waals surface area contributed by atoms with Gasteiger partial charge in [0.05, 0.1) is 11.0 Å². The van der Waals surface area contributed by atoms with Gasteiger partial charge in [-0.2, -0.15) is 0 Å². The van der Waals surface area contributed by atoms with Crippen LogP contribution in [0.4, 0.5) is 0 Å². The van der Waals surface area contributed by atoms with E-state index in [9.17, 15) is 0 Å². The number of aryl methyl sites for hydroxylation is 1. The lowest BCUT2D eigenvalue weighted by Gasteiger charge is -2.24. The molecule has 2 fully saturated rings. The van der Waals surface area contributed by atoms with E-state index >= 15 is 0 Å². The molecule has 1 aromatic carbocycles. The van der Waals surface area contributed by atoms with Crippen LogP contribution < -0.4 is 5.32 Å². The highest BCUT2D eigenvalue weighted by Gasteiger charge is 2.25. The quantitative estimate of drug-likeness (QED) is 0.906. The van der Waals surface area contributed by atoms with Crippen molar-refractivity contribution in [3.63, 3.8) is 0 Å². The molecule has 0 atom stereocenters. The van der Waals surface area contributed by atoms with Crippen LogP contribution in [0.1, 0.15) is 55.3 Å². The van der Waals surface area contributed by atoms with Crippen molar-refractivity contribution >= 4 is 11.0 Å².